The fourth-order valence-corrected chi connectivity index (χ4v) is 8.97. The predicted molar refractivity (Wildman–Crippen MR) is 331 cm³/mol. The van der Waals surface area contributed by atoms with Crippen LogP contribution in [0.2, 0.25) is 0 Å². The van der Waals surface area contributed by atoms with E-state index < -0.39 is 0 Å². The topological polar surface area (TPSA) is 218 Å². The molecule has 0 bridgehead atoms. The molecule has 1 aromatic rings. The zero-order valence-electron chi connectivity index (χ0n) is 51.9. The molecule has 6 fully saturated rings. The number of anilines is 1. The summed E-state index contributed by atoms with van der Waals surface area (Å²) in [6.45, 7) is 63.2. The molecule has 0 spiro atoms. The quantitative estimate of drug-likeness (QED) is 0.122. The lowest BCUT2D eigenvalue weighted by Crippen LogP contribution is -2.43. The van der Waals surface area contributed by atoms with Gasteiger partial charge >= 0.3 is 0 Å². The van der Waals surface area contributed by atoms with Crippen molar-refractivity contribution in [2.75, 3.05) is 25.0 Å². The number of hydrogen-bond acceptors (Lipinski definition) is 12. The minimum Gasteiger partial charge on any atom is -0.468 e. The largest absolute Gasteiger partial charge is 0.468 e. The second-order valence-electron chi connectivity index (χ2n) is 23.5. The first-order valence-corrected chi connectivity index (χ1v) is 27.9. The van der Waals surface area contributed by atoms with Crippen molar-refractivity contribution in [3.8, 4) is 0 Å². The van der Waals surface area contributed by atoms with Crippen LogP contribution in [0.1, 0.15) is 145 Å². The van der Waals surface area contributed by atoms with Crippen LogP contribution in [-0.2, 0) is 28.4 Å². The van der Waals surface area contributed by atoms with Gasteiger partial charge in [0.15, 0.2) is 71.9 Å². The highest BCUT2D eigenvalue weighted by atomic mass is 16.5. The van der Waals surface area contributed by atoms with Crippen molar-refractivity contribution >= 4 is 40.7 Å². The smallest absolute Gasteiger partial charge is 0.192 e. The van der Waals surface area contributed by atoms with E-state index in [0.29, 0.717) is 99.9 Å². The van der Waals surface area contributed by atoms with Crippen LogP contribution in [0.5, 0.6) is 0 Å². The molecule has 18 heteroatoms. The molecule has 7 rings (SSSR count). The fraction of sp³-hybridized carbons (Fsp3) is 0.613. The van der Waals surface area contributed by atoms with Gasteiger partial charge in [0.2, 0.25) is 0 Å². The molecule has 6 aliphatic rings. The van der Waals surface area contributed by atoms with Gasteiger partial charge in [-0.2, -0.15) is 0 Å². The van der Waals surface area contributed by atoms with Crippen molar-refractivity contribution in [3.63, 3.8) is 0 Å². The molecular weight excluding hydrogens is 1010 g/mol. The van der Waals surface area contributed by atoms with Gasteiger partial charge in [0, 0.05) is 31.7 Å². The number of ether oxygens (including phenoxy) is 6. The highest BCUT2D eigenvalue weighted by molar-refractivity contribution is 6.03. The summed E-state index contributed by atoms with van der Waals surface area (Å²) in [6.07, 6.45) is 0.267. The number of rotatable bonds is 11. The van der Waals surface area contributed by atoms with Gasteiger partial charge in [-0.15, -0.1) is 0 Å². The lowest BCUT2D eigenvalue weighted by atomic mass is 10.0. The van der Waals surface area contributed by atoms with Crippen LogP contribution in [0.4, 0.5) is 5.69 Å². The molecule has 0 aliphatic carbocycles. The van der Waals surface area contributed by atoms with Crippen molar-refractivity contribution in [3.05, 3.63) is 105 Å². The van der Waals surface area contributed by atoms with Gasteiger partial charge in [0.25, 0.3) is 0 Å². The van der Waals surface area contributed by atoms with Gasteiger partial charge in [0.1, 0.15) is 35.0 Å². The van der Waals surface area contributed by atoms with E-state index in [2.05, 4.69) is 109 Å². The normalized spacial score (nSPS) is 22.6. The Morgan fingerprint density at radius 2 is 0.800 bits per heavy atom. The number of para-hydroxylation sites is 1. The van der Waals surface area contributed by atoms with Crippen LogP contribution in [0.3, 0.4) is 0 Å². The van der Waals surface area contributed by atoms with Crippen LogP contribution in [0.25, 0.3) is 0 Å². The summed E-state index contributed by atoms with van der Waals surface area (Å²) in [5, 5.41) is 47.3. The second-order valence-corrected chi connectivity index (χ2v) is 23.5. The van der Waals surface area contributed by atoms with E-state index in [1.165, 1.54) is 0 Å². The van der Waals surface area contributed by atoms with Gasteiger partial charge in [-0.3, -0.25) is 57.0 Å². The Kier molecular flexibility index (Phi) is 27.4. The lowest BCUT2D eigenvalue weighted by Gasteiger charge is -2.31. The number of benzene rings is 1. The third-order valence-corrected chi connectivity index (χ3v) is 13.2. The van der Waals surface area contributed by atoms with Crippen LogP contribution in [-0.4, -0.2) is 128 Å². The van der Waals surface area contributed by atoms with Crippen molar-refractivity contribution < 1.29 is 28.4 Å². The number of hydrogen-bond donors (Lipinski definition) is 6. The molecule has 6 saturated heterocycles. The second kappa shape index (κ2) is 30.8. The molecular formula is C62H106N12O6. The highest BCUT2D eigenvalue weighted by Gasteiger charge is 2.42. The minimum absolute atomic E-state index is 0. The summed E-state index contributed by atoms with van der Waals surface area (Å²) >= 11 is 0. The zero-order valence-corrected chi connectivity index (χ0v) is 51.9. The summed E-state index contributed by atoms with van der Waals surface area (Å²) in [4.78, 5) is 10.8. The molecule has 18 nitrogen and oxygen atoms in total. The number of amidine groups is 6. The molecule has 6 unspecified atom stereocenters. The first-order chi connectivity index (χ1) is 36.5. The Morgan fingerprint density at radius 3 is 1.09 bits per heavy atom. The van der Waals surface area contributed by atoms with E-state index >= 15 is 0 Å². The Morgan fingerprint density at radius 1 is 0.450 bits per heavy atom. The van der Waals surface area contributed by atoms with Crippen LogP contribution in [0.15, 0.2) is 105 Å². The van der Waals surface area contributed by atoms with Gasteiger partial charge < -0.3 is 33.3 Å². The first-order valence-electron chi connectivity index (χ1n) is 27.9. The third-order valence-electron chi connectivity index (χ3n) is 13.2. The maximum Gasteiger partial charge on any atom is 0.192 e. The van der Waals surface area contributed by atoms with E-state index in [1.807, 2.05) is 107 Å². The van der Waals surface area contributed by atoms with E-state index in [1.54, 1.807) is 21.7 Å². The number of nitrogens with zero attached hydrogens (tertiary/aromatic N) is 6. The number of likely N-dealkylation sites (N-methyl/N-ethyl adjacent to an activating group) is 2. The zero-order chi connectivity index (χ0) is 60.9. The summed E-state index contributed by atoms with van der Waals surface area (Å²) in [5.41, 5.74) is 0.804. The summed E-state index contributed by atoms with van der Waals surface area (Å²) < 4.78 is 33.0. The van der Waals surface area contributed by atoms with Crippen molar-refractivity contribution in [1.29, 1.82) is 32.5 Å². The Balaban J connectivity index is 0.000000481. The van der Waals surface area contributed by atoms with Crippen molar-refractivity contribution in [1.82, 2.24) is 24.5 Å². The molecule has 0 amide bonds. The standard InChI is InChI=1S/C13H16N2O.C11H20N2O.2C10H18N2O.C9H16N2O.C8H14N2O.CH4/c1-9(2)12-13(14)15(10(3)16-12)11-7-5-4-6-8-11;1-7(2)9-10(12)13(8(3)14-9)11(4,5)6;1-6(2)9-10(11)12(7(3)4)8(5)13-9;1-5-6-12-8(4)13-9(7(2)3)10(12)11;1-5-11-7(4)12-8(6(2)3)9(11)10;1-5(2)7-8(9)10(4)6(3)11-7;/h4-9,12,14H,3H2,1-2H3;7,9,12H,3H2,1-2,4-6H3;6-7,9,11H,5H2,1-4H3;7,9,11H,4-6H2,1-3H3;6,8,10H,4-5H2,1-3H3;5,7,9H,3H2,1-2,4H3;1H4. The van der Waals surface area contributed by atoms with Crippen LogP contribution < -0.4 is 4.90 Å². The average Bonchev–Trinajstić information content (AvgIpc) is 4.15. The fourth-order valence-electron chi connectivity index (χ4n) is 8.97. The van der Waals surface area contributed by atoms with Gasteiger partial charge in [-0.1, -0.05) is 116 Å². The Bertz CT molecular complexity index is 2370. The lowest BCUT2D eigenvalue weighted by molar-refractivity contribution is 0.119. The molecule has 6 aliphatic heterocycles. The molecule has 80 heavy (non-hydrogen) atoms. The van der Waals surface area contributed by atoms with E-state index in [-0.39, 0.29) is 61.5 Å². The summed E-state index contributed by atoms with van der Waals surface area (Å²) in [5.74, 6) is 8.62. The SMILES string of the molecule is C.C=C1OC(C(C)C)C(=N)N1C.C=C1OC(C(C)C)C(=N)N1C(C)(C)C.C=C1OC(C(C)C)C(=N)N1C(C)C.C=C1OC(C(C)C)C(=N)N1CC.C=C1OC(C(C)C)C(=N)N1CCC.C=C1OC(C(C)C)C(=N)N1c1ccccc1. The van der Waals surface area contributed by atoms with E-state index in [0.717, 1.165) is 25.2 Å². The van der Waals surface area contributed by atoms with Crippen molar-refractivity contribution in [2.24, 2.45) is 35.5 Å². The molecule has 6 heterocycles. The number of nitrogens with one attached hydrogen (secondary N) is 6. The molecule has 450 valence electrons. The van der Waals surface area contributed by atoms with E-state index in [9.17, 15) is 0 Å². The van der Waals surface area contributed by atoms with Crippen molar-refractivity contribution in [2.45, 2.75) is 194 Å². The highest BCUT2D eigenvalue weighted by Crippen LogP contribution is 2.33. The van der Waals surface area contributed by atoms with Gasteiger partial charge in [-0.25, -0.2) is 0 Å². The maximum atomic E-state index is 8.10. The molecule has 0 aromatic heterocycles. The molecule has 6 N–H and O–H groups in total. The Hall–Kier alpha value is -6.72. The third kappa shape index (κ3) is 17.9. The van der Waals surface area contributed by atoms with Crippen LogP contribution >= 0.6 is 0 Å². The average molecular weight is 1120 g/mol. The maximum absolute atomic E-state index is 8.10. The Labute approximate surface area is 483 Å². The van der Waals surface area contributed by atoms with Gasteiger partial charge in [0.05, 0.1) is 5.69 Å². The summed E-state index contributed by atoms with van der Waals surface area (Å²) in [6, 6.07) is 9.99. The minimum atomic E-state index is -0.187. The monoisotopic (exact) mass is 1110 g/mol. The van der Waals surface area contributed by atoms with E-state index in [4.69, 9.17) is 60.9 Å². The van der Waals surface area contributed by atoms with Gasteiger partial charge in [-0.05, 0) is 135 Å². The van der Waals surface area contributed by atoms with Crippen LogP contribution in [0, 0.1) is 68.0 Å². The molecule has 0 saturated carbocycles. The molecule has 0 radical (unpaired) electrons. The summed E-state index contributed by atoms with van der Waals surface area (Å²) in [7, 11) is 1.80. The molecule has 1 aromatic carbocycles. The first kappa shape index (κ1) is 71.3. The molecule has 6 atom stereocenters. The predicted octanol–water partition coefficient (Wildman–Crippen LogP) is 13.9.